The molecule has 1 saturated heterocycles. The molecule has 5 nitrogen and oxygen atoms in total. The average Bonchev–Trinajstić information content (AvgIpc) is 2.40. The number of anilines is 1. The summed E-state index contributed by atoms with van der Waals surface area (Å²) in [5, 5.41) is 17.2. The number of halogens is 1. The summed E-state index contributed by atoms with van der Waals surface area (Å²) in [4.78, 5) is 12.0. The lowest BCUT2D eigenvalue weighted by atomic mass is 9.87. The van der Waals surface area contributed by atoms with Crippen LogP contribution in [0.1, 0.15) is 39.2 Å². The van der Waals surface area contributed by atoms with Crippen molar-refractivity contribution in [1.29, 1.82) is 0 Å². The summed E-state index contributed by atoms with van der Waals surface area (Å²) >= 11 is 6.04. The van der Waals surface area contributed by atoms with Crippen molar-refractivity contribution in [2.75, 3.05) is 18.4 Å². The molecule has 0 aromatic heterocycles. The molecule has 1 fully saturated rings. The van der Waals surface area contributed by atoms with E-state index in [1.54, 1.807) is 12.1 Å². The first-order valence-corrected chi connectivity index (χ1v) is 8.26. The number of ether oxygens (including phenoxy) is 1. The van der Waals surface area contributed by atoms with E-state index in [0.717, 1.165) is 24.9 Å². The van der Waals surface area contributed by atoms with Crippen LogP contribution < -0.4 is 10.6 Å². The van der Waals surface area contributed by atoms with Gasteiger partial charge in [-0.2, -0.15) is 0 Å². The SMILES string of the molecule is CC(C)(C)OC(=O)Nc1cc(Cl)ccc1CC1(O)CCCNC1. The molecule has 23 heavy (non-hydrogen) atoms. The predicted octanol–water partition coefficient (Wildman–Crippen LogP) is 3.34. The monoisotopic (exact) mass is 340 g/mol. The second-order valence-corrected chi connectivity index (χ2v) is 7.55. The summed E-state index contributed by atoms with van der Waals surface area (Å²) in [6.45, 7) is 6.89. The van der Waals surface area contributed by atoms with Crippen molar-refractivity contribution < 1.29 is 14.6 Å². The fourth-order valence-corrected chi connectivity index (χ4v) is 2.86. The van der Waals surface area contributed by atoms with E-state index in [1.165, 1.54) is 0 Å². The summed E-state index contributed by atoms with van der Waals surface area (Å²) in [5.74, 6) is 0. The van der Waals surface area contributed by atoms with Crippen molar-refractivity contribution in [3.63, 3.8) is 0 Å². The van der Waals surface area contributed by atoms with Gasteiger partial charge < -0.3 is 15.2 Å². The van der Waals surface area contributed by atoms with Crippen LogP contribution in [0.15, 0.2) is 18.2 Å². The molecule has 2 rings (SSSR count). The summed E-state index contributed by atoms with van der Waals surface area (Å²) in [6.07, 6.45) is 1.57. The molecule has 1 unspecified atom stereocenters. The van der Waals surface area contributed by atoms with Gasteiger partial charge in [0.05, 0.1) is 5.60 Å². The number of hydrogen-bond acceptors (Lipinski definition) is 4. The Labute approximate surface area is 142 Å². The van der Waals surface area contributed by atoms with Crippen LogP contribution in [0, 0.1) is 0 Å². The maximum atomic E-state index is 12.0. The zero-order valence-corrected chi connectivity index (χ0v) is 14.7. The molecule has 1 atom stereocenters. The van der Waals surface area contributed by atoms with Gasteiger partial charge in [-0.25, -0.2) is 4.79 Å². The minimum absolute atomic E-state index is 0.447. The Bertz CT molecular complexity index is 563. The van der Waals surface area contributed by atoms with E-state index < -0.39 is 17.3 Å². The average molecular weight is 341 g/mol. The number of rotatable bonds is 3. The largest absolute Gasteiger partial charge is 0.444 e. The van der Waals surface area contributed by atoms with E-state index >= 15 is 0 Å². The first kappa shape index (κ1) is 18.0. The summed E-state index contributed by atoms with van der Waals surface area (Å²) < 4.78 is 5.28. The first-order valence-electron chi connectivity index (χ1n) is 7.88. The zero-order chi connectivity index (χ0) is 17.1. The van der Waals surface area contributed by atoms with E-state index in [4.69, 9.17) is 16.3 Å². The van der Waals surface area contributed by atoms with Crippen molar-refractivity contribution in [2.45, 2.75) is 51.2 Å². The number of β-amino-alcohol motifs (C(OH)–C–C–N with tert-alkyl or cyclic N) is 1. The van der Waals surface area contributed by atoms with Crippen LogP contribution in [0.3, 0.4) is 0 Å². The lowest BCUT2D eigenvalue weighted by Crippen LogP contribution is -2.47. The van der Waals surface area contributed by atoms with Gasteiger partial charge in [0.25, 0.3) is 0 Å². The third kappa shape index (κ3) is 5.68. The minimum Gasteiger partial charge on any atom is -0.444 e. The molecule has 0 radical (unpaired) electrons. The number of amides is 1. The highest BCUT2D eigenvalue weighted by molar-refractivity contribution is 6.31. The van der Waals surface area contributed by atoms with Crippen LogP contribution in [0.2, 0.25) is 5.02 Å². The standard InChI is InChI=1S/C17H25ClN2O3/c1-16(2,3)23-15(21)20-14-9-13(18)6-5-12(14)10-17(22)7-4-8-19-11-17/h5-6,9,19,22H,4,7-8,10-11H2,1-3H3,(H,20,21). The van der Waals surface area contributed by atoms with Crippen molar-refractivity contribution in [2.24, 2.45) is 0 Å². The molecule has 128 valence electrons. The van der Waals surface area contributed by atoms with Gasteiger partial charge in [0.1, 0.15) is 5.60 Å². The Balaban J connectivity index is 2.15. The van der Waals surface area contributed by atoms with Crippen LogP contribution in [0.4, 0.5) is 10.5 Å². The topological polar surface area (TPSA) is 70.6 Å². The number of aliphatic hydroxyl groups is 1. The molecule has 1 aliphatic rings. The van der Waals surface area contributed by atoms with Gasteiger partial charge in [-0.1, -0.05) is 17.7 Å². The molecule has 1 aromatic rings. The van der Waals surface area contributed by atoms with Gasteiger partial charge in [-0.3, -0.25) is 5.32 Å². The third-order valence-electron chi connectivity index (χ3n) is 3.68. The molecule has 1 aliphatic heterocycles. The fraction of sp³-hybridized carbons (Fsp3) is 0.588. The van der Waals surface area contributed by atoms with Crippen molar-refractivity contribution in [3.8, 4) is 0 Å². The number of benzene rings is 1. The zero-order valence-electron chi connectivity index (χ0n) is 13.9. The Hall–Kier alpha value is -1.30. The van der Waals surface area contributed by atoms with E-state index in [0.29, 0.717) is 23.7 Å². The third-order valence-corrected chi connectivity index (χ3v) is 3.91. The fourth-order valence-electron chi connectivity index (χ4n) is 2.69. The lowest BCUT2D eigenvalue weighted by molar-refractivity contribution is 0.0170. The van der Waals surface area contributed by atoms with Crippen LogP contribution >= 0.6 is 11.6 Å². The lowest BCUT2D eigenvalue weighted by Gasteiger charge is -2.33. The Kier molecular flexibility index (Phi) is 5.55. The summed E-state index contributed by atoms with van der Waals surface area (Å²) in [5.41, 5.74) is 0.0299. The quantitative estimate of drug-likeness (QED) is 0.789. The summed E-state index contributed by atoms with van der Waals surface area (Å²) in [6, 6.07) is 5.28. The van der Waals surface area contributed by atoms with Crippen molar-refractivity contribution >= 4 is 23.4 Å². The molecule has 0 aliphatic carbocycles. The normalized spacial score (nSPS) is 21.8. The molecule has 1 aromatic carbocycles. The van der Waals surface area contributed by atoms with Gasteiger partial charge in [-0.05, 0) is 57.9 Å². The smallest absolute Gasteiger partial charge is 0.412 e. The number of hydrogen-bond donors (Lipinski definition) is 3. The minimum atomic E-state index is -0.809. The van der Waals surface area contributed by atoms with Gasteiger partial charge in [0.2, 0.25) is 0 Å². The predicted molar refractivity (Wildman–Crippen MR) is 92.1 cm³/mol. The molecule has 0 bridgehead atoms. The number of carbonyl (C=O) groups is 1. The Morgan fingerprint density at radius 1 is 1.48 bits per heavy atom. The first-order chi connectivity index (χ1) is 10.7. The summed E-state index contributed by atoms with van der Waals surface area (Å²) in [7, 11) is 0. The van der Waals surface area contributed by atoms with Gasteiger partial charge in [0, 0.05) is 23.7 Å². The number of carbonyl (C=O) groups excluding carboxylic acids is 1. The Morgan fingerprint density at radius 3 is 2.83 bits per heavy atom. The highest BCUT2D eigenvalue weighted by Crippen LogP contribution is 2.28. The van der Waals surface area contributed by atoms with Crippen molar-refractivity contribution in [3.05, 3.63) is 28.8 Å². The van der Waals surface area contributed by atoms with E-state index in [2.05, 4.69) is 10.6 Å². The highest BCUT2D eigenvalue weighted by Gasteiger charge is 2.30. The molecule has 3 N–H and O–H groups in total. The highest BCUT2D eigenvalue weighted by atomic mass is 35.5. The second kappa shape index (κ2) is 7.07. The molecule has 0 spiro atoms. The van der Waals surface area contributed by atoms with Gasteiger partial charge in [-0.15, -0.1) is 0 Å². The number of piperidine rings is 1. The molecular weight excluding hydrogens is 316 g/mol. The van der Waals surface area contributed by atoms with E-state index in [9.17, 15) is 9.90 Å². The second-order valence-electron chi connectivity index (χ2n) is 7.11. The van der Waals surface area contributed by atoms with Gasteiger partial charge >= 0.3 is 6.09 Å². The van der Waals surface area contributed by atoms with Crippen LogP contribution in [-0.4, -0.2) is 35.5 Å². The Morgan fingerprint density at radius 2 is 2.22 bits per heavy atom. The van der Waals surface area contributed by atoms with Crippen LogP contribution in [-0.2, 0) is 11.2 Å². The van der Waals surface area contributed by atoms with E-state index in [1.807, 2.05) is 26.8 Å². The maximum absolute atomic E-state index is 12.0. The molecule has 1 heterocycles. The maximum Gasteiger partial charge on any atom is 0.412 e. The van der Waals surface area contributed by atoms with E-state index in [-0.39, 0.29) is 0 Å². The molecular formula is C17H25ClN2O3. The van der Waals surface area contributed by atoms with Crippen molar-refractivity contribution in [1.82, 2.24) is 5.32 Å². The molecule has 6 heteroatoms. The van der Waals surface area contributed by atoms with Crippen LogP contribution in [0.25, 0.3) is 0 Å². The number of nitrogens with one attached hydrogen (secondary N) is 2. The molecule has 1 amide bonds. The van der Waals surface area contributed by atoms with Crippen LogP contribution in [0.5, 0.6) is 0 Å². The molecule has 0 saturated carbocycles. The van der Waals surface area contributed by atoms with Gasteiger partial charge in [0.15, 0.2) is 0 Å².